The van der Waals surface area contributed by atoms with Crippen molar-refractivity contribution in [3.05, 3.63) is 29.6 Å². The summed E-state index contributed by atoms with van der Waals surface area (Å²) < 4.78 is 40.1. The second kappa shape index (κ2) is 8.82. The summed E-state index contributed by atoms with van der Waals surface area (Å²) in [4.78, 5) is 16.0. The maximum Gasteiger partial charge on any atom is 0.317 e. The van der Waals surface area contributed by atoms with Crippen molar-refractivity contribution in [2.75, 3.05) is 44.2 Å². The molecule has 0 spiro atoms. The second-order valence-electron chi connectivity index (χ2n) is 7.43. The molecule has 1 aromatic carbocycles. The lowest BCUT2D eigenvalue weighted by Gasteiger charge is -2.41. The summed E-state index contributed by atoms with van der Waals surface area (Å²) in [5.41, 5.74) is 0.296. The Bertz CT molecular complexity index is 643. The van der Waals surface area contributed by atoms with E-state index in [9.17, 15) is 18.0 Å². The molecule has 2 aliphatic heterocycles. The average Bonchev–Trinajstić information content (AvgIpc) is 2.66. The molecule has 0 bridgehead atoms. The normalized spacial score (nSPS) is 21.4. The monoisotopic (exact) mass is 384 g/mol. The third kappa shape index (κ3) is 4.86. The van der Waals surface area contributed by atoms with Crippen molar-refractivity contribution >= 4 is 11.7 Å². The van der Waals surface area contributed by atoms with Crippen LogP contribution in [0.4, 0.5) is 23.7 Å². The number of urea groups is 1. The number of carbonyl (C=O) groups is 1. The van der Waals surface area contributed by atoms with Crippen LogP contribution in [0.15, 0.2) is 12.1 Å². The Morgan fingerprint density at radius 3 is 2.48 bits per heavy atom. The van der Waals surface area contributed by atoms with Crippen LogP contribution in [0, 0.1) is 23.4 Å². The third-order valence-electron chi connectivity index (χ3n) is 5.51. The van der Waals surface area contributed by atoms with Crippen LogP contribution < -0.4 is 15.5 Å². The molecule has 5 nitrogen and oxygen atoms in total. The fraction of sp³-hybridized carbons (Fsp3) is 0.632. The molecule has 2 saturated heterocycles. The summed E-state index contributed by atoms with van der Waals surface area (Å²) in [5.74, 6) is -3.20. The molecular weight excluding hydrogens is 357 g/mol. The van der Waals surface area contributed by atoms with E-state index in [1.54, 1.807) is 9.80 Å². The van der Waals surface area contributed by atoms with Crippen molar-refractivity contribution in [1.29, 1.82) is 0 Å². The van der Waals surface area contributed by atoms with Crippen LogP contribution in [0.1, 0.15) is 26.2 Å². The van der Waals surface area contributed by atoms with E-state index < -0.39 is 17.5 Å². The molecule has 8 heteroatoms. The number of amides is 2. The standard InChI is InChI=1S/C19H27F3N4O/c1-13-12-25(15-10-16(20)18(22)17(21)11-15)8-9-26(13)19(27)24-7-4-14-2-5-23-6-3-14/h10-11,13-14,23H,2-9,12H2,1H3,(H,24,27)/t13-/m1/s1. The Hall–Kier alpha value is -1.96. The highest BCUT2D eigenvalue weighted by Gasteiger charge is 2.28. The Labute approximate surface area is 157 Å². The number of hydrogen-bond donors (Lipinski definition) is 2. The van der Waals surface area contributed by atoms with Crippen LogP contribution in [0.5, 0.6) is 0 Å². The summed E-state index contributed by atoms with van der Waals surface area (Å²) in [6, 6.07) is 1.78. The molecule has 0 radical (unpaired) electrons. The zero-order valence-electron chi connectivity index (χ0n) is 15.6. The quantitative estimate of drug-likeness (QED) is 0.785. The van der Waals surface area contributed by atoms with E-state index >= 15 is 0 Å². The number of piperidine rings is 1. The molecule has 0 unspecified atom stereocenters. The first-order chi connectivity index (χ1) is 13.0. The highest BCUT2D eigenvalue weighted by Crippen LogP contribution is 2.24. The maximum absolute atomic E-state index is 13.5. The number of benzene rings is 1. The van der Waals surface area contributed by atoms with Gasteiger partial charge in [-0.2, -0.15) is 0 Å². The molecule has 1 aromatic rings. The summed E-state index contributed by atoms with van der Waals surface area (Å²) in [5, 5.41) is 6.32. The molecule has 1 atom stereocenters. The van der Waals surface area contributed by atoms with Crippen LogP contribution >= 0.6 is 0 Å². The zero-order chi connectivity index (χ0) is 19.4. The second-order valence-corrected chi connectivity index (χ2v) is 7.43. The van der Waals surface area contributed by atoms with E-state index in [2.05, 4.69) is 10.6 Å². The van der Waals surface area contributed by atoms with E-state index in [1.165, 1.54) is 0 Å². The van der Waals surface area contributed by atoms with Crippen molar-refractivity contribution in [2.45, 2.75) is 32.2 Å². The largest absolute Gasteiger partial charge is 0.368 e. The van der Waals surface area contributed by atoms with Gasteiger partial charge >= 0.3 is 6.03 Å². The van der Waals surface area contributed by atoms with Crippen LogP contribution in [0.2, 0.25) is 0 Å². The lowest BCUT2D eigenvalue weighted by Crippen LogP contribution is -2.56. The molecule has 2 fully saturated rings. The predicted molar refractivity (Wildman–Crippen MR) is 98.3 cm³/mol. The van der Waals surface area contributed by atoms with Gasteiger partial charge in [0.1, 0.15) is 0 Å². The van der Waals surface area contributed by atoms with Gasteiger partial charge in [-0.15, -0.1) is 0 Å². The fourth-order valence-electron chi connectivity index (χ4n) is 3.87. The van der Waals surface area contributed by atoms with E-state index in [1.807, 2.05) is 6.92 Å². The molecule has 2 N–H and O–H groups in total. The summed E-state index contributed by atoms with van der Waals surface area (Å²) in [6.07, 6.45) is 3.28. The lowest BCUT2D eigenvalue weighted by atomic mass is 9.95. The van der Waals surface area contributed by atoms with Gasteiger partial charge in [0.2, 0.25) is 0 Å². The van der Waals surface area contributed by atoms with Crippen molar-refractivity contribution in [3.63, 3.8) is 0 Å². The van der Waals surface area contributed by atoms with Gasteiger partial charge in [-0.1, -0.05) is 0 Å². The van der Waals surface area contributed by atoms with Crippen molar-refractivity contribution < 1.29 is 18.0 Å². The first-order valence-corrected chi connectivity index (χ1v) is 9.60. The molecule has 0 aliphatic carbocycles. The van der Waals surface area contributed by atoms with E-state index in [4.69, 9.17) is 0 Å². The van der Waals surface area contributed by atoms with Gasteiger partial charge in [0.05, 0.1) is 0 Å². The first kappa shape index (κ1) is 19.8. The molecule has 3 rings (SSSR count). The van der Waals surface area contributed by atoms with Crippen molar-refractivity contribution in [2.24, 2.45) is 5.92 Å². The van der Waals surface area contributed by atoms with Crippen LogP contribution in [-0.4, -0.2) is 56.2 Å². The van der Waals surface area contributed by atoms with Gasteiger partial charge in [0.25, 0.3) is 0 Å². The van der Waals surface area contributed by atoms with E-state index in [0.717, 1.165) is 44.5 Å². The Kier molecular flexibility index (Phi) is 6.46. The number of rotatable bonds is 4. The number of piperazine rings is 1. The molecular formula is C19H27F3N4O. The minimum absolute atomic E-state index is 0.104. The minimum Gasteiger partial charge on any atom is -0.368 e. The molecule has 2 aliphatic rings. The molecule has 0 aromatic heterocycles. The molecule has 2 amide bonds. The van der Waals surface area contributed by atoms with Gasteiger partial charge < -0.3 is 20.4 Å². The zero-order valence-corrected chi connectivity index (χ0v) is 15.6. The number of anilines is 1. The minimum atomic E-state index is -1.46. The Morgan fingerprint density at radius 2 is 1.85 bits per heavy atom. The van der Waals surface area contributed by atoms with Crippen LogP contribution in [0.3, 0.4) is 0 Å². The van der Waals surface area contributed by atoms with E-state index in [0.29, 0.717) is 37.8 Å². The number of hydrogen-bond acceptors (Lipinski definition) is 3. The Balaban J connectivity index is 1.49. The van der Waals surface area contributed by atoms with Crippen LogP contribution in [-0.2, 0) is 0 Å². The topological polar surface area (TPSA) is 47.6 Å². The number of nitrogens with one attached hydrogen (secondary N) is 2. The third-order valence-corrected chi connectivity index (χ3v) is 5.51. The highest BCUT2D eigenvalue weighted by molar-refractivity contribution is 5.75. The number of carbonyl (C=O) groups excluding carboxylic acids is 1. The van der Waals surface area contributed by atoms with Crippen LogP contribution in [0.25, 0.3) is 0 Å². The lowest BCUT2D eigenvalue weighted by molar-refractivity contribution is 0.170. The SMILES string of the molecule is C[C@@H]1CN(c2cc(F)c(F)c(F)c2)CCN1C(=O)NCCC1CCNCC1. The van der Waals surface area contributed by atoms with Gasteiger partial charge in [-0.25, -0.2) is 18.0 Å². The summed E-state index contributed by atoms with van der Waals surface area (Å²) >= 11 is 0. The van der Waals surface area contributed by atoms with Gasteiger partial charge in [0.15, 0.2) is 17.5 Å². The van der Waals surface area contributed by atoms with Crippen molar-refractivity contribution in [1.82, 2.24) is 15.5 Å². The number of nitrogens with zero attached hydrogens (tertiary/aromatic N) is 2. The van der Waals surface area contributed by atoms with Gasteiger partial charge in [0, 0.05) is 50.0 Å². The van der Waals surface area contributed by atoms with Crippen molar-refractivity contribution in [3.8, 4) is 0 Å². The predicted octanol–water partition coefficient (Wildman–Crippen LogP) is 2.71. The smallest absolute Gasteiger partial charge is 0.317 e. The molecule has 0 saturated carbocycles. The first-order valence-electron chi connectivity index (χ1n) is 9.60. The number of halogens is 3. The van der Waals surface area contributed by atoms with Gasteiger partial charge in [-0.05, 0) is 45.2 Å². The van der Waals surface area contributed by atoms with Gasteiger partial charge in [-0.3, -0.25) is 0 Å². The molecule has 2 heterocycles. The molecule has 150 valence electrons. The molecule has 27 heavy (non-hydrogen) atoms. The average molecular weight is 384 g/mol. The highest BCUT2D eigenvalue weighted by atomic mass is 19.2. The fourth-order valence-corrected chi connectivity index (χ4v) is 3.87. The summed E-state index contributed by atoms with van der Waals surface area (Å²) in [7, 11) is 0. The van der Waals surface area contributed by atoms with E-state index in [-0.39, 0.29) is 12.1 Å². The Morgan fingerprint density at radius 1 is 1.19 bits per heavy atom. The summed E-state index contributed by atoms with van der Waals surface area (Å²) in [6.45, 7) is 5.97. The maximum atomic E-state index is 13.5.